The van der Waals surface area contributed by atoms with E-state index in [1.165, 1.54) is 12.3 Å². The van der Waals surface area contributed by atoms with Crippen LogP contribution in [-0.4, -0.2) is 32.1 Å². The lowest BCUT2D eigenvalue weighted by Gasteiger charge is -2.13. The largest absolute Gasteiger partial charge is 0.330 e. The van der Waals surface area contributed by atoms with Gasteiger partial charge in [0.2, 0.25) is 5.91 Å². The van der Waals surface area contributed by atoms with Gasteiger partial charge in [-0.3, -0.25) is 4.79 Å². The first-order chi connectivity index (χ1) is 9.86. The number of aromatic nitrogens is 1. The van der Waals surface area contributed by atoms with Gasteiger partial charge in [-0.2, -0.15) is 0 Å². The van der Waals surface area contributed by atoms with E-state index in [4.69, 9.17) is 5.73 Å². The summed E-state index contributed by atoms with van der Waals surface area (Å²) in [5.74, 6) is 0.367. The summed E-state index contributed by atoms with van der Waals surface area (Å²) >= 11 is 0. The van der Waals surface area contributed by atoms with Gasteiger partial charge < -0.3 is 11.1 Å². The first-order valence-corrected chi connectivity index (χ1v) is 8.92. The van der Waals surface area contributed by atoms with E-state index in [0.29, 0.717) is 24.6 Å². The van der Waals surface area contributed by atoms with Gasteiger partial charge in [0.05, 0.1) is 11.9 Å². The summed E-state index contributed by atoms with van der Waals surface area (Å²) < 4.78 is 22.6. The van der Waals surface area contributed by atoms with Crippen molar-refractivity contribution >= 4 is 21.4 Å². The Morgan fingerprint density at radius 1 is 1.38 bits per heavy atom. The minimum Gasteiger partial charge on any atom is -0.330 e. The number of pyridine rings is 1. The van der Waals surface area contributed by atoms with E-state index in [2.05, 4.69) is 17.2 Å². The maximum absolute atomic E-state index is 11.8. The third-order valence-corrected chi connectivity index (χ3v) is 4.33. The van der Waals surface area contributed by atoms with E-state index in [1.807, 2.05) is 0 Å². The zero-order valence-electron chi connectivity index (χ0n) is 12.5. The Morgan fingerprint density at radius 3 is 2.57 bits per heavy atom. The van der Waals surface area contributed by atoms with Crippen LogP contribution in [0.15, 0.2) is 23.4 Å². The van der Waals surface area contributed by atoms with Gasteiger partial charge in [-0.1, -0.05) is 13.3 Å². The predicted molar refractivity (Wildman–Crippen MR) is 82.7 cm³/mol. The van der Waals surface area contributed by atoms with Crippen molar-refractivity contribution in [3.05, 3.63) is 18.3 Å². The molecule has 0 spiro atoms. The zero-order chi connectivity index (χ0) is 15.9. The van der Waals surface area contributed by atoms with Crippen LogP contribution in [0.25, 0.3) is 0 Å². The second kappa shape index (κ2) is 8.09. The number of amides is 1. The van der Waals surface area contributed by atoms with Crippen LogP contribution >= 0.6 is 0 Å². The molecule has 0 saturated heterocycles. The molecule has 0 radical (unpaired) electrons. The number of nitrogens with one attached hydrogen (secondary N) is 1. The normalized spacial score (nSPS) is 12.9. The Morgan fingerprint density at radius 2 is 2.10 bits per heavy atom. The molecule has 6 nitrogen and oxygen atoms in total. The molecule has 118 valence electrons. The van der Waals surface area contributed by atoms with Crippen LogP contribution in [0.4, 0.5) is 5.69 Å². The summed E-state index contributed by atoms with van der Waals surface area (Å²) in [6.45, 7) is 2.73. The quantitative estimate of drug-likeness (QED) is 0.758. The van der Waals surface area contributed by atoms with Crippen LogP contribution < -0.4 is 11.1 Å². The van der Waals surface area contributed by atoms with Gasteiger partial charge in [-0.05, 0) is 37.4 Å². The maximum Gasteiger partial charge on any atom is 0.224 e. The summed E-state index contributed by atoms with van der Waals surface area (Å²) in [4.78, 5) is 15.7. The number of hydrogen-bond donors (Lipinski definition) is 2. The van der Waals surface area contributed by atoms with Crippen LogP contribution in [0.5, 0.6) is 0 Å². The van der Waals surface area contributed by atoms with Gasteiger partial charge >= 0.3 is 0 Å². The molecule has 0 aliphatic heterocycles. The Bertz CT molecular complexity index is 555. The second-order valence-corrected chi connectivity index (χ2v) is 7.06. The predicted octanol–water partition coefficient (Wildman–Crippen LogP) is 1.58. The van der Waals surface area contributed by atoms with Crippen molar-refractivity contribution < 1.29 is 13.2 Å². The van der Waals surface area contributed by atoms with E-state index in [1.54, 1.807) is 6.07 Å². The van der Waals surface area contributed by atoms with Crippen molar-refractivity contribution in [2.45, 2.75) is 37.6 Å². The van der Waals surface area contributed by atoms with Crippen LogP contribution in [0.3, 0.4) is 0 Å². The van der Waals surface area contributed by atoms with Crippen LogP contribution in [0.1, 0.15) is 32.6 Å². The van der Waals surface area contributed by atoms with E-state index < -0.39 is 9.84 Å². The average molecular weight is 313 g/mol. The Kier molecular flexibility index (Phi) is 6.77. The molecule has 0 fully saturated rings. The third-order valence-electron chi connectivity index (χ3n) is 3.33. The summed E-state index contributed by atoms with van der Waals surface area (Å²) in [5.41, 5.74) is 6.03. The molecule has 0 aromatic carbocycles. The van der Waals surface area contributed by atoms with Crippen molar-refractivity contribution in [3.8, 4) is 0 Å². The lowest BCUT2D eigenvalue weighted by atomic mass is 9.96. The molecule has 0 saturated carbocycles. The minimum absolute atomic E-state index is 0.00510. The molecular weight excluding hydrogens is 290 g/mol. The lowest BCUT2D eigenvalue weighted by Crippen LogP contribution is -2.15. The number of rotatable bonds is 8. The highest BCUT2D eigenvalue weighted by Crippen LogP contribution is 2.16. The molecule has 1 rings (SSSR count). The fourth-order valence-corrected chi connectivity index (χ4v) is 2.58. The Labute approximate surface area is 126 Å². The summed E-state index contributed by atoms with van der Waals surface area (Å²) in [5, 5.41) is 2.71. The highest BCUT2D eigenvalue weighted by atomic mass is 32.2. The van der Waals surface area contributed by atoms with Crippen molar-refractivity contribution in [1.29, 1.82) is 0 Å². The summed E-state index contributed by atoms with van der Waals surface area (Å²) in [6, 6.07) is 2.92. The van der Waals surface area contributed by atoms with Crippen molar-refractivity contribution in [3.63, 3.8) is 0 Å². The van der Waals surface area contributed by atoms with E-state index in [-0.39, 0.29) is 10.9 Å². The highest BCUT2D eigenvalue weighted by molar-refractivity contribution is 7.90. The molecule has 0 bridgehead atoms. The number of carbonyl (C=O) groups excluding carboxylic acids is 1. The first-order valence-electron chi connectivity index (χ1n) is 7.02. The second-order valence-electron chi connectivity index (χ2n) is 5.10. The Balaban J connectivity index is 2.51. The third kappa shape index (κ3) is 6.22. The molecule has 1 unspecified atom stereocenters. The first kappa shape index (κ1) is 17.6. The van der Waals surface area contributed by atoms with Gasteiger partial charge in [0.1, 0.15) is 0 Å². The molecule has 21 heavy (non-hydrogen) atoms. The molecular formula is C14H23N3O3S. The SMILES string of the molecule is CCC(CCN)CCC(=O)Nc1ccc(S(C)(=O)=O)nc1. The molecule has 1 heterocycles. The molecule has 1 aromatic heterocycles. The number of carbonyl (C=O) groups is 1. The standard InChI is InChI=1S/C14H23N3O3S/c1-3-11(8-9-15)4-6-13(18)17-12-5-7-14(16-10-12)21(2,19)20/h5,7,10-11H,3-4,6,8-9,15H2,1-2H3,(H,17,18). The average Bonchev–Trinajstić information content (AvgIpc) is 2.43. The van der Waals surface area contributed by atoms with Gasteiger partial charge in [0.15, 0.2) is 14.9 Å². The van der Waals surface area contributed by atoms with Crippen LogP contribution in [-0.2, 0) is 14.6 Å². The fraction of sp³-hybridized carbons (Fsp3) is 0.571. The molecule has 0 aliphatic rings. The maximum atomic E-state index is 11.8. The zero-order valence-corrected chi connectivity index (χ0v) is 13.3. The molecule has 1 atom stereocenters. The van der Waals surface area contributed by atoms with E-state index in [0.717, 1.165) is 25.5 Å². The topological polar surface area (TPSA) is 102 Å². The molecule has 1 aromatic rings. The molecule has 1 amide bonds. The van der Waals surface area contributed by atoms with Crippen LogP contribution in [0, 0.1) is 5.92 Å². The molecule has 7 heteroatoms. The molecule has 0 aliphatic carbocycles. The van der Waals surface area contributed by atoms with Crippen molar-refractivity contribution in [2.75, 3.05) is 18.1 Å². The van der Waals surface area contributed by atoms with Gasteiger partial charge in [0.25, 0.3) is 0 Å². The van der Waals surface area contributed by atoms with E-state index in [9.17, 15) is 13.2 Å². The molecule has 3 N–H and O–H groups in total. The number of nitrogens with zero attached hydrogens (tertiary/aromatic N) is 1. The van der Waals surface area contributed by atoms with Crippen LogP contribution in [0.2, 0.25) is 0 Å². The van der Waals surface area contributed by atoms with Gasteiger partial charge in [-0.25, -0.2) is 13.4 Å². The van der Waals surface area contributed by atoms with E-state index >= 15 is 0 Å². The lowest BCUT2D eigenvalue weighted by molar-refractivity contribution is -0.116. The summed E-state index contributed by atoms with van der Waals surface area (Å²) in [7, 11) is -3.31. The number of sulfone groups is 1. The minimum atomic E-state index is -3.31. The fourth-order valence-electron chi connectivity index (χ4n) is 2.02. The summed E-state index contributed by atoms with van der Waals surface area (Å²) in [6.07, 6.45) is 5.60. The van der Waals surface area contributed by atoms with Gasteiger partial charge in [0, 0.05) is 12.7 Å². The van der Waals surface area contributed by atoms with Crippen molar-refractivity contribution in [1.82, 2.24) is 4.98 Å². The van der Waals surface area contributed by atoms with Crippen molar-refractivity contribution in [2.24, 2.45) is 11.7 Å². The highest BCUT2D eigenvalue weighted by Gasteiger charge is 2.11. The smallest absolute Gasteiger partial charge is 0.224 e. The Hall–Kier alpha value is -1.47. The number of hydrogen-bond acceptors (Lipinski definition) is 5. The monoisotopic (exact) mass is 313 g/mol. The number of nitrogens with two attached hydrogens (primary N) is 1. The van der Waals surface area contributed by atoms with Gasteiger partial charge in [-0.15, -0.1) is 0 Å². The number of anilines is 1.